The molecule has 1 aliphatic carbocycles. The first-order chi connectivity index (χ1) is 18.5. The van der Waals surface area contributed by atoms with Crippen LogP contribution in [-0.2, 0) is 22.7 Å². The van der Waals surface area contributed by atoms with Crippen LogP contribution in [0.2, 0.25) is 0 Å². The van der Waals surface area contributed by atoms with Gasteiger partial charge in [-0.3, -0.25) is 14.4 Å². The number of benzene rings is 3. The smallest absolute Gasteiger partial charge is 0.254 e. The quantitative estimate of drug-likeness (QED) is 0.465. The van der Waals surface area contributed by atoms with E-state index in [1.54, 1.807) is 0 Å². The van der Waals surface area contributed by atoms with E-state index < -0.39 is 11.8 Å². The lowest BCUT2D eigenvalue weighted by atomic mass is 9.75. The van der Waals surface area contributed by atoms with Crippen LogP contribution in [0.4, 0.5) is 0 Å². The maximum Gasteiger partial charge on any atom is 0.254 e. The van der Waals surface area contributed by atoms with Crippen LogP contribution >= 0.6 is 0 Å². The molecule has 6 heteroatoms. The largest absolute Gasteiger partial charge is 0.352 e. The highest BCUT2D eigenvalue weighted by Gasteiger charge is 2.42. The molecule has 0 bridgehead atoms. The minimum atomic E-state index is -0.484. The molecule has 2 atom stereocenters. The monoisotopic (exact) mass is 507 g/mol. The Morgan fingerprint density at radius 1 is 0.684 bits per heavy atom. The van der Waals surface area contributed by atoms with Gasteiger partial charge < -0.3 is 15.5 Å². The second-order valence-corrected chi connectivity index (χ2v) is 10.3. The minimum Gasteiger partial charge on any atom is -0.352 e. The van der Waals surface area contributed by atoms with Gasteiger partial charge in [-0.15, -0.1) is 0 Å². The molecule has 3 aromatic rings. The molecule has 0 aromatic heterocycles. The summed E-state index contributed by atoms with van der Waals surface area (Å²) in [6.07, 6.45) is 0.966. The number of hydrogen-bond acceptors (Lipinski definition) is 3. The second kappa shape index (κ2) is 11.5. The number of hydrogen-bond donors (Lipinski definition) is 2. The Morgan fingerprint density at radius 2 is 1.16 bits per heavy atom. The molecule has 5 rings (SSSR count). The normalized spacial score (nSPS) is 18.6. The van der Waals surface area contributed by atoms with E-state index in [1.165, 1.54) is 0 Å². The van der Waals surface area contributed by atoms with E-state index in [2.05, 4.69) is 10.6 Å². The van der Waals surface area contributed by atoms with Gasteiger partial charge in [0.25, 0.3) is 5.91 Å². The molecule has 38 heavy (non-hydrogen) atoms. The summed E-state index contributed by atoms with van der Waals surface area (Å²) in [5.41, 5.74) is 6.06. The highest BCUT2D eigenvalue weighted by atomic mass is 16.2. The van der Waals surface area contributed by atoms with Crippen LogP contribution in [0.3, 0.4) is 0 Å². The number of nitrogens with zero attached hydrogens (tertiary/aromatic N) is 1. The molecule has 0 unspecified atom stereocenters. The lowest BCUT2D eigenvalue weighted by molar-refractivity contribution is -0.135. The zero-order valence-electron chi connectivity index (χ0n) is 21.7. The molecule has 0 radical (unpaired) electrons. The van der Waals surface area contributed by atoms with Gasteiger partial charge in [0.1, 0.15) is 0 Å². The Bertz CT molecular complexity index is 1330. The Kier molecular flexibility index (Phi) is 7.68. The fourth-order valence-corrected chi connectivity index (χ4v) is 5.37. The van der Waals surface area contributed by atoms with Crippen molar-refractivity contribution in [3.05, 3.63) is 118 Å². The lowest BCUT2D eigenvalue weighted by Crippen LogP contribution is -2.44. The highest BCUT2D eigenvalue weighted by Crippen LogP contribution is 2.39. The Labute approximate surface area is 223 Å². The van der Waals surface area contributed by atoms with E-state index in [4.69, 9.17) is 0 Å². The molecular weight excluding hydrogens is 474 g/mol. The standard InChI is InChI=1S/C32H33N3O3/c1-22-12-14-24(15-13-22)19-34-31(37)29-17-27-21-35(32(38)25-10-6-3-7-11-25)20-26(27)16-28(29)30(36)33-18-23-8-4-2-5-9-23/h2-15,28-29H,16-21H2,1H3,(H,33,36)(H,34,37)/t28-,29+/m0/s1. The minimum absolute atomic E-state index is 0.0227. The van der Waals surface area contributed by atoms with Crippen molar-refractivity contribution in [2.45, 2.75) is 32.9 Å². The zero-order chi connectivity index (χ0) is 26.5. The molecule has 1 aliphatic heterocycles. The third kappa shape index (κ3) is 5.86. The predicted octanol–water partition coefficient (Wildman–Crippen LogP) is 4.41. The second-order valence-electron chi connectivity index (χ2n) is 10.3. The maximum atomic E-state index is 13.5. The zero-order valence-corrected chi connectivity index (χ0v) is 21.7. The summed E-state index contributed by atoms with van der Waals surface area (Å²) in [5.74, 6) is -1.23. The van der Waals surface area contributed by atoms with Gasteiger partial charge in [0, 0.05) is 31.7 Å². The molecule has 3 aromatic carbocycles. The van der Waals surface area contributed by atoms with E-state index in [0.29, 0.717) is 44.6 Å². The molecule has 2 N–H and O–H groups in total. The number of carbonyl (C=O) groups is 3. The summed E-state index contributed by atoms with van der Waals surface area (Å²) >= 11 is 0. The van der Waals surface area contributed by atoms with Crippen molar-refractivity contribution in [1.29, 1.82) is 0 Å². The van der Waals surface area contributed by atoms with Gasteiger partial charge in [-0.2, -0.15) is 0 Å². The fraction of sp³-hybridized carbons (Fsp3) is 0.281. The van der Waals surface area contributed by atoms with Crippen molar-refractivity contribution in [3.8, 4) is 0 Å². The summed E-state index contributed by atoms with van der Waals surface area (Å²) < 4.78 is 0. The molecule has 0 spiro atoms. The molecule has 6 nitrogen and oxygen atoms in total. The Morgan fingerprint density at radius 3 is 1.68 bits per heavy atom. The van der Waals surface area contributed by atoms with E-state index >= 15 is 0 Å². The van der Waals surface area contributed by atoms with Gasteiger partial charge in [0.05, 0.1) is 11.8 Å². The molecule has 0 saturated heterocycles. The van der Waals surface area contributed by atoms with Crippen LogP contribution in [0.15, 0.2) is 96.1 Å². The van der Waals surface area contributed by atoms with Crippen molar-refractivity contribution in [1.82, 2.24) is 15.5 Å². The van der Waals surface area contributed by atoms with Crippen molar-refractivity contribution >= 4 is 17.7 Å². The van der Waals surface area contributed by atoms with Gasteiger partial charge in [-0.25, -0.2) is 0 Å². The van der Waals surface area contributed by atoms with Crippen molar-refractivity contribution in [3.63, 3.8) is 0 Å². The Balaban J connectivity index is 1.30. The summed E-state index contributed by atoms with van der Waals surface area (Å²) in [4.78, 5) is 41.8. The average molecular weight is 508 g/mol. The number of nitrogens with one attached hydrogen (secondary N) is 2. The Hall–Kier alpha value is -4.19. The van der Waals surface area contributed by atoms with Crippen LogP contribution in [-0.4, -0.2) is 35.7 Å². The molecule has 2 aliphatic rings. The first-order valence-corrected chi connectivity index (χ1v) is 13.2. The number of aryl methyl sites for hydroxylation is 1. The van der Waals surface area contributed by atoms with Gasteiger partial charge >= 0.3 is 0 Å². The number of rotatable bonds is 7. The van der Waals surface area contributed by atoms with Crippen LogP contribution < -0.4 is 10.6 Å². The first kappa shape index (κ1) is 25.5. The van der Waals surface area contributed by atoms with E-state index in [9.17, 15) is 14.4 Å². The average Bonchev–Trinajstić information content (AvgIpc) is 3.38. The molecular formula is C32H33N3O3. The lowest BCUT2D eigenvalue weighted by Gasteiger charge is -2.30. The molecule has 0 saturated carbocycles. The predicted molar refractivity (Wildman–Crippen MR) is 147 cm³/mol. The molecule has 1 heterocycles. The SMILES string of the molecule is Cc1ccc(CNC(=O)[C@@H]2CC3=C(C[C@@H]2C(=O)NCc2ccccc2)CN(C(=O)c2ccccc2)C3)cc1. The molecule has 0 fully saturated rings. The van der Waals surface area contributed by atoms with Crippen LogP contribution in [0.1, 0.15) is 39.9 Å². The van der Waals surface area contributed by atoms with Gasteiger partial charge in [0.15, 0.2) is 0 Å². The topological polar surface area (TPSA) is 78.5 Å². The summed E-state index contributed by atoms with van der Waals surface area (Å²) in [6.45, 7) is 3.87. The fourth-order valence-electron chi connectivity index (χ4n) is 5.37. The summed E-state index contributed by atoms with van der Waals surface area (Å²) in [5, 5.41) is 6.12. The number of carbonyl (C=O) groups excluding carboxylic acids is 3. The van der Waals surface area contributed by atoms with Gasteiger partial charge in [-0.1, -0.05) is 78.4 Å². The highest BCUT2D eigenvalue weighted by molar-refractivity contribution is 5.95. The third-order valence-electron chi connectivity index (χ3n) is 7.56. The number of amides is 3. The third-order valence-corrected chi connectivity index (χ3v) is 7.56. The maximum absolute atomic E-state index is 13.5. The van der Waals surface area contributed by atoms with E-state index in [0.717, 1.165) is 27.8 Å². The van der Waals surface area contributed by atoms with Crippen LogP contribution in [0.25, 0.3) is 0 Å². The van der Waals surface area contributed by atoms with E-state index in [-0.39, 0.29) is 17.7 Å². The molecule has 3 amide bonds. The van der Waals surface area contributed by atoms with Crippen molar-refractivity contribution < 1.29 is 14.4 Å². The first-order valence-electron chi connectivity index (χ1n) is 13.2. The van der Waals surface area contributed by atoms with Gasteiger partial charge in [-0.05, 0) is 54.2 Å². The van der Waals surface area contributed by atoms with Crippen molar-refractivity contribution in [2.24, 2.45) is 11.8 Å². The summed E-state index contributed by atoms with van der Waals surface area (Å²) in [6, 6.07) is 27.1. The summed E-state index contributed by atoms with van der Waals surface area (Å²) in [7, 11) is 0. The van der Waals surface area contributed by atoms with Crippen LogP contribution in [0, 0.1) is 18.8 Å². The molecule has 194 valence electrons. The van der Waals surface area contributed by atoms with E-state index in [1.807, 2.05) is 96.8 Å². The van der Waals surface area contributed by atoms with Crippen LogP contribution in [0.5, 0.6) is 0 Å². The van der Waals surface area contributed by atoms with Crippen molar-refractivity contribution in [2.75, 3.05) is 13.1 Å². The van der Waals surface area contributed by atoms with Gasteiger partial charge in [0.2, 0.25) is 11.8 Å².